The molecule has 0 spiro atoms. The third-order valence-electron chi connectivity index (χ3n) is 4.60. The Bertz CT molecular complexity index is 818. The molecule has 0 amide bonds. The molecule has 1 aromatic carbocycles. The molecule has 1 aliphatic heterocycles. The molecule has 0 unspecified atom stereocenters. The molecular formula is C18H27N5O2S2. The van der Waals surface area contributed by atoms with E-state index in [0.29, 0.717) is 18.7 Å². The summed E-state index contributed by atoms with van der Waals surface area (Å²) in [5.41, 5.74) is 1.20. The average molecular weight is 410 g/mol. The van der Waals surface area contributed by atoms with E-state index in [2.05, 4.69) is 31.8 Å². The van der Waals surface area contributed by atoms with Gasteiger partial charge in [0.1, 0.15) is 5.82 Å². The fourth-order valence-corrected chi connectivity index (χ4v) is 4.83. The molecule has 0 aliphatic carbocycles. The van der Waals surface area contributed by atoms with Crippen LogP contribution < -0.4 is 5.14 Å². The second-order valence-corrected chi connectivity index (χ2v) is 9.67. The number of likely N-dealkylation sites (tertiary alicyclic amines) is 1. The molecule has 27 heavy (non-hydrogen) atoms. The Morgan fingerprint density at radius 1 is 1.04 bits per heavy atom. The van der Waals surface area contributed by atoms with Gasteiger partial charge in [0.15, 0.2) is 5.16 Å². The van der Waals surface area contributed by atoms with Crippen LogP contribution in [0.4, 0.5) is 0 Å². The van der Waals surface area contributed by atoms with E-state index >= 15 is 0 Å². The molecule has 0 atom stereocenters. The summed E-state index contributed by atoms with van der Waals surface area (Å²) in [5, 5.41) is 14.7. The van der Waals surface area contributed by atoms with Crippen LogP contribution in [0.5, 0.6) is 0 Å². The van der Waals surface area contributed by atoms with Gasteiger partial charge in [-0.2, -0.15) is 0 Å². The van der Waals surface area contributed by atoms with Crippen LogP contribution in [-0.4, -0.2) is 52.7 Å². The van der Waals surface area contributed by atoms with Crippen molar-refractivity contribution in [1.29, 1.82) is 0 Å². The lowest BCUT2D eigenvalue weighted by Gasteiger charge is -2.26. The molecule has 7 nitrogen and oxygen atoms in total. The first-order valence-electron chi connectivity index (χ1n) is 9.33. The fraction of sp³-hybridized carbons (Fsp3) is 0.556. The standard InChI is InChI=1S/C18H27N5O2S2/c19-27(24,25)13-7-12-26-18-21-20-17(15-22-10-5-2-6-11-22)23(18)14-16-8-3-1-4-9-16/h1,3-4,8-9H,2,5-7,10-15H2,(H2,19,24,25). The second kappa shape index (κ2) is 9.68. The summed E-state index contributed by atoms with van der Waals surface area (Å²) in [6, 6.07) is 10.3. The maximum absolute atomic E-state index is 11.1. The van der Waals surface area contributed by atoms with Gasteiger partial charge in [-0.05, 0) is 37.9 Å². The highest BCUT2D eigenvalue weighted by Crippen LogP contribution is 2.21. The number of aromatic nitrogens is 3. The van der Waals surface area contributed by atoms with Crippen molar-refractivity contribution in [3.63, 3.8) is 0 Å². The second-order valence-electron chi connectivity index (χ2n) is 6.88. The minimum atomic E-state index is -3.41. The fourth-order valence-electron chi connectivity index (χ4n) is 3.21. The lowest BCUT2D eigenvalue weighted by atomic mass is 10.1. The number of piperidine rings is 1. The Morgan fingerprint density at radius 2 is 1.78 bits per heavy atom. The number of rotatable bonds is 9. The predicted molar refractivity (Wildman–Crippen MR) is 108 cm³/mol. The van der Waals surface area contributed by atoms with Crippen molar-refractivity contribution in [1.82, 2.24) is 19.7 Å². The molecule has 1 aliphatic rings. The van der Waals surface area contributed by atoms with Crippen LogP contribution in [-0.2, 0) is 23.1 Å². The molecule has 9 heteroatoms. The Labute approximate surface area is 165 Å². The summed E-state index contributed by atoms with van der Waals surface area (Å²) < 4.78 is 24.4. The molecule has 0 bridgehead atoms. The number of nitrogens with zero attached hydrogens (tertiary/aromatic N) is 4. The predicted octanol–water partition coefficient (Wildman–Crippen LogP) is 2.08. The maximum Gasteiger partial charge on any atom is 0.209 e. The lowest BCUT2D eigenvalue weighted by molar-refractivity contribution is 0.213. The molecule has 0 radical (unpaired) electrons. The van der Waals surface area contributed by atoms with Crippen LogP contribution in [0.3, 0.4) is 0 Å². The molecule has 3 rings (SSSR count). The van der Waals surface area contributed by atoms with Gasteiger partial charge in [-0.3, -0.25) is 4.90 Å². The van der Waals surface area contributed by atoms with E-state index in [1.54, 1.807) is 11.8 Å². The van der Waals surface area contributed by atoms with Crippen LogP contribution in [0.1, 0.15) is 37.1 Å². The van der Waals surface area contributed by atoms with Crippen LogP contribution in [0, 0.1) is 0 Å². The third kappa shape index (κ3) is 6.60. The van der Waals surface area contributed by atoms with Crippen molar-refractivity contribution in [3.8, 4) is 0 Å². The van der Waals surface area contributed by atoms with E-state index < -0.39 is 10.0 Å². The van der Waals surface area contributed by atoms with Crippen molar-refractivity contribution < 1.29 is 8.42 Å². The van der Waals surface area contributed by atoms with Crippen LogP contribution in [0.25, 0.3) is 0 Å². The van der Waals surface area contributed by atoms with Gasteiger partial charge in [0, 0.05) is 5.75 Å². The highest BCUT2D eigenvalue weighted by molar-refractivity contribution is 7.99. The Hall–Kier alpha value is -1.42. The van der Waals surface area contributed by atoms with Gasteiger partial charge >= 0.3 is 0 Å². The summed E-state index contributed by atoms with van der Waals surface area (Å²) in [5.74, 6) is 1.61. The molecular weight excluding hydrogens is 382 g/mol. The zero-order chi connectivity index (χ0) is 19.1. The van der Waals surface area contributed by atoms with Gasteiger partial charge in [0.25, 0.3) is 0 Å². The zero-order valence-corrected chi connectivity index (χ0v) is 17.1. The highest BCUT2D eigenvalue weighted by Gasteiger charge is 2.18. The van der Waals surface area contributed by atoms with E-state index in [4.69, 9.17) is 5.14 Å². The van der Waals surface area contributed by atoms with Crippen molar-refractivity contribution in [2.45, 2.75) is 43.9 Å². The first-order chi connectivity index (χ1) is 13.0. The summed E-state index contributed by atoms with van der Waals surface area (Å²) >= 11 is 1.54. The zero-order valence-electron chi connectivity index (χ0n) is 15.5. The smallest absolute Gasteiger partial charge is 0.209 e. The summed E-state index contributed by atoms with van der Waals surface area (Å²) in [6.45, 7) is 3.73. The minimum absolute atomic E-state index is 0.00649. The summed E-state index contributed by atoms with van der Waals surface area (Å²) in [4.78, 5) is 2.43. The molecule has 2 heterocycles. The summed E-state index contributed by atoms with van der Waals surface area (Å²) in [7, 11) is -3.41. The number of primary sulfonamides is 1. The van der Waals surface area contributed by atoms with Gasteiger partial charge in [0.2, 0.25) is 10.0 Å². The van der Waals surface area contributed by atoms with E-state index in [9.17, 15) is 8.42 Å². The minimum Gasteiger partial charge on any atom is -0.300 e. The molecule has 0 saturated carbocycles. The molecule has 148 valence electrons. The van der Waals surface area contributed by atoms with Crippen LogP contribution in [0.2, 0.25) is 0 Å². The SMILES string of the molecule is NS(=O)(=O)CCCSc1nnc(CN2CCCCC2)n1Cc1ccccc1. The number of benzene rings is 1. The lowest BCUT2D eigenvalue weighted by Crippen LogP contribution is -2.30. The van der Waals surface area contributed by atoms with Crippen LogP contribution in [0.15, 0.2) is 35.5 Å². The Kier molecular flexibility index (Phi) is 7.28. The van der Waals surface area contributed by atoms with Gasteiger partial charge in [-0.1, -0.05) is 48.5 Å². The van der Waals surface area contributed by atoms with Crippen LogP contribution >= 0.6 is 11.8 Å². The number of thioether (sulfide) groups is 1. The molecule has 1 aromatic heterocycles. The average Bonchev–Trinajstić information content (AvgIpc) is 3.01. The topological polar surface area (TPSA) is 94.1 Å². The third-order valence-corrected chi connectivity index (χ3v) is 6.51. The van der Waals surface area contributed by atoms with E-state index in [1.807, 2.05) is 18.2 Å². The largest absolute Gasteiger partial charge is 0.300 e. The van der Waals surface area contributed by atoms with Crippen molar-refractivity contribution in [2.75, 3.05) is 24.6 Å². The van der Waals surface area contributed by atoms with E-state index in [0.717, 1.165) is 30.6 Å². The van der Waals surface area contributed by atoms with Gasteiger partial charge < -0.3 is 4.57 Å². The van der Waals surface area contributed by atoms with E-state index in [-0.39, 0.29) is 5.75 Å². The Balaban J connectivity index is 1.71. The van der Waals surface area contributed by atoms with Gasteiger partial charge in [0.05, 0.1) is 18.8 Å². The van der Waals surface area contributed by atoms with Crippen molar-refractivity contribution in [3.05, 3.63) is 41.7 Å². The van der Waals surface area contributed by atoms with Crippen molar-refractivity contribution >= 4 is 21.8 Å². The molecule has 1 fully saturated rings. The Morgan fingerprint density at radius 3 is 2.48 bits per heavy atom. The monoisotopic (exact) mass is 409 g/mol. The highest BCUT2D eigenvalue weighted by atomic mass is 32.2. The quantitative estimate of drug-likeness (QED) is 0.503. The maximum atomic E-state index is 11.1. The normalized spacial score (nSPS) is 15.9. The number of nitrogens with two attached hydrogens (primary N) is 1. The van der Waals surface area contributed by atoms with Crippen molar-refractivity contribution in [2.24, 2.45) is 5.14 Å². The molecule has 2 aromatic rings. The number of hydrogen-bond donors (Lipinski definition) is 1. The van der Waals surface area contributed by atoms with E-state index in [1.165, 1.54) is 24.8 Å². The first-order valence-corrected chi connectivity index (χ1v) is 12.0. The number of hydrogen-bond acceptors (Lipinski definition) is 6. The number of sulfonamides is 1. The molecule has 2 N–H and O–H groups in total. The molecule has 1 saturated heterocycles. The summed E-state index contributed by atoms with van der Waals surface area (Å²) in [6.07, 6.45) is 4.28. The van der Waals surface area contributed by atoms with Gasteiger partial charge in [-0.25, -0.2) is 13.6 Å². The first kappa shape index (κ1) is 20.3. The van der Waals surface area contributed by atoms with Gasteiger partial charge in [-0.15, -0.1) is 10.2 Å².